The summed E-state index contributed by atoms with van der Waals surface area (Å²) in [5.74, 6) is 0.731. The van der Waals surface area contributed by atoms with Crippen molar-refractivity contribution in [2.45, 2.75) is 20.4 Å². The molecule has 2 aromatic rings. The van der Waals surface area contributed by atoms with Crippen LogP contribution in [-0.2, 0) is 6.54 Å². The van der Waals surface area contributed by atoms with Gasteiger partial charge < -0.3 is 5.73 Å². The van der Waals surface area contributed by atoms with Crippen LogP contribution in [0.2, 0.25) is 0 Å². The van der Waals surface area contributed by atoms with E-state index in [-0.39, 0.29) is 0 Å². The summed E-state index contributed by atoms with van der Waals surface area (Å²) in [6, 6.07) is 7.95. The Morgan fingerprint density at radius 3 is 2.65 bits per heavy atom. The highest BCUT2D eigenvalue weighted by Gasteiger charge is 2.08. The first-order chi connectivity index (χ1) is 8.11. The van der Waals surface area contributed by atoms with Crippen molar-refractivity contribution in [3.63, 3.8) is 0 Å². The number of benzene rings is 1. The molecule has 0 aliphatic heterocycles. The summed E-state index contributed by atoms with van der Waals surface area (Å²) in [7, 11) is 0. The minimum Gasteiger partial charge on any atom is -0.325 e. The Balaban J connectivity index is 2.56. The molecule has 0 bridgehead atoms. The van der Waals surface area contributed by atoms with Gasteiger partial charge in [0.2, 0.25) is 0 Å². The molecule has 17 heavy (non-hydrogen) atoms. The fourth-order valence-electron chi connectivity index (χ4n) is 1.64. The van der Waals surface area contributed by atoms with E-state index in [1.807, 2.05) is 38.1 Å². The van der Waals surface area contributed by atoms with Crippen LogP contribution in [0.4, 0.5) is 0 Å². The fourth-order valence-corrected chi connectivity index (χ4v) is 2.04. The van der Waals surface area contributed by atoms with E-state index in [2.05, 4.69) is 25.9 Å². The molecule has 0 atom stereocenters. The van der Waals surface area contributed by atoms with E-state index >= 15 is 0 Å². The highest BCUT2D eigenvalue weighted by Crippen LogP contribution is 2.21. The van der Waals surface area contributed by atoms with E-state index in [1.54, 1.807) is 0 Å². The van der Waals surface area contributed by atoms with Crippen molar-refractivity contribution >= 4 is 15.9 Å². The molecule has 0 unspecified atom stereocenters. The minimum atomic E-state index is 0.441. The number of hydrogen-bond donors (Lipinski definition) is 1. The van der Waals surface area contributed by atoms with E-state index in [9.17, 15) is 0 Å². The van der Waals surface area contributed by atoms with Gasteiger partial charge in [-0.3, -0.25) is 0 Å². The van der Waals surface area contributed by atoms with Crippen LogP contribution in [-0.4, -0.2) is 9.97 Å². The number of nitrogens with zero attached hydrogens (tertiary/aromatic N) is 2. The van der Waals surface area contributed by atoms with Gasteiger partial charge in [0.05, 0.1) is 5.69 Å². The summed E-state index contributed by atoms with van der Waals surface area (Å²) in [4.78, 5) is 9.01. The van der Waals surface area contributed by atoms with Gasteiger partial charge in [0, 0.05) is 22.3 Å². The number of nitrogens with two attached hydrogens (primary N) is 1. The molecule has 1 aromatic carbocycles. The molecule has 88 valence electrons. The molecule has 0 fully saturated rings. The van der Waals surface area contributed by atoms with Gasteiger partial charge in [-0.2, -0.15) is 0 Å². The van der Waals surface area contributed by atoms with E-state index in [4.69, 9.17) is 5.73 Å². The summed E-state index contributed by atoms with van der Waals surface area (Å²) >= 11 is 3.45. The van der Waals surface area contributed by atoms with Crippen LogP contribution in [0.25, 0.3) is 11.4 Å². The second kappa shape index (κ2) is 4.94. The van der Waals surface area contributed by atoms with Crippen LogP contribution in [0.15, 0.2) is 28.7 Å². The molecule has 3 nitrogen and oxygen atoms in total. The van der Waals surface area contributed by atoms with Crippen LogP contribution in [0.3, 0.4) is 0 Å². The summed E-state index contributed by atoms with van der Waals surface area (Å²) in [6.45, 7) is 4.43. The molecule has 4 heteroatoms. The van der Waals surface area contributed by atoms with Gasteiger partial charge in [-0.15, -0.1) is 0 Å². The zero-order valence-corrected chi connectivity index (χ0v) is 11.5. The number of aryl methyl sites for hydroxylation is 1. The normalized spacial score (nSPS) is 10.6. The summed E-state index contributed by atoms with van der Waals surface area (Å²) in [6.07, 6.45) is 0. The molecule has 0 saturated carbocycles. The van der Waals surface area contributed by atoms with Crippen molar-refractivity contribution in [3.8, 4) is 11.4 Å². The predicted molar refractivity (Wildman–Crippen MR) is 72.5 cm³/mol. The number of hydrogen-bond acceptors (Lipinski definition) is 3. The molecular weight excluding hydrogens is 278 g/mol. The summed E-state index contributed by atoms with van der Waals surface area (Å²) < 4.78 is 1.02. The third-order valence-electron chi connectivity index (χ3n) is 2.77. The Bertz CT molecular complexity index is 552. The quantitative estimate of drug-likeness (QED) is 0.925. The van der Waals surface area contributed by atoms with E-state index in [0.29, 0.717) is 6.54 Å². The topological polar surface area (TPSA) is 51.8 Å². The lowest BCUT2D eigenvalue weighted by atomic mass is 10.1. The molecule has 1 heterocycles. The lowest BCUT2D eigenvalue weighted by Crippen LogP contribution is -2.07. The molecule has 2 N–H and O–H groups in total. The Morgan fingerprint density at radius 1 is 1.24 bits per heavy atom. The van der Waals surface area contributed by atoms with Crippen LogP contribution in [0.1, 0.15) is 17.0 Å². The van der Waals surface area contributed by atoms with Crippen LogP contribution in [0, 0.1) is 13.8 Å². The summed E-state index contributed by atoms with van der Waals surface area (Å²) in [5.41, 5.74) is 9.66. The molecule has 1 aromatic heterocycles. The predicted octanol–water partition coefficient (Wildman–Crippen LogP) is 2.98. The first kappa shape index (κ1) is 12.2. The van der Waals surface area contributed by atoms with Crippen LogP contribution in [0.5, 0.6) is 0 Å². The molecular formula is C13H14BrN3. The van der Waals surface area contributed by atoms with Crippen LogP contribution >= 0.6 is 15.9 Å². The number of halogens is 1. The SMILES string of the molecule is Cc1nc(-c2cccc(Br)c2)nc(CN)c1C. The Labute approximate surface area is 109 Å². The molecule has 0 amide bonds. The smallest absolute Gasteiger partial charge is 0.159 e. The monoisotopic (exact) mass is 291 g/mol. The maximum atomic E-state index is 5.70. The Kier molecular flexibility index (Phi) is 3.54. The van der Waals surface area contributed by atoms with Gasteiger partial charge in [0.1, 0.15) is 0 Å². The number of aromatic nitrogens is 2. The molecule has 2 rings (SSSR count). The van der Waals surface area contributed by atoms with E-state index in [0.717, 1.165) is 32.8 Å². The molecule has 0 radical (unpaired) electrons. The minimum absolute atomic E-state index is 0.441. The van der Waals surface area contributed by atoms with E-state index < -0.39 is 0 Å². The van der Waals surface area contributed by atoms with Crippen molar-refractivity contribution in [2.75, 3.05) is 0 Å². The van der Waals surface area contributed by atoms with Crippen molar-refractivity contribution in [3.05, 3.63) is 45.7 Å². The average molecular weight is 292 g/mol. The van der Waals surface area contributed by atoms with Gasteiger partial charge in [-0.05, 0) is 31.5 Å². The summed E-state index contributed by atoms with van der Waals surface area (Å²) in [5, 5.41) is 0. The zero-order chi connectivity index (χ0) is 12.4. The Morgan fingerprint density at radius 2 is 2.00 bits per heavy atom. The zero-order valence-electron chi connectivity index (χ0n) is 9.87. The third kappa shape index (κ3) is 2.53. The first-order valence-electron chi connectivity index (χ1n) is 5.42. The van der Waals surface area contributed by atoms with Crippen LogP contribution < -0.4 is 5.73 Å². The highest BCUT2D eigenvalue weighted by molar-refractivity contribution is 9.10. The second-order valence-electron chi connectivity index (χ2n) is 3.92. The lowest BCUT2D eigenvalue weighted by molar-refractivity contribution is 0.926. The average Bonchev–Trinajstić information content (AvgIpc) is 2.32. The first-order valence-corrected chi connectivity index (χ1v) is 6.21. The van der Waals surface area contributed by atoms with Gasteiger partial charge in [0.15, 0.2) is 5.82 Å². The fraction of sp³-hybridized carbons (Fsp3) is 0.231. The number of rotatable bonds is 2. The van der Waals surface area contributed by atoms with Gasteiger partial charge >= 0.3 is 0 Å². The largest absolute Gasteiger partial charge is 0.325 e. The van der Waals surface area contributed by atoms with Gasteiger partial charge in [0.25, 0.3) is 0 Å². The van der Waals surface area contributed by atoms with Gasteiger partial charge in [-0.1, -0.05) is 28.1 Å². The second-order valence-corrected chi connectivity index (χ2v) is 4.83. The molecule has 0 saturated heterocycles. The lowest BCUT2D eigenvalue weighted by Gasteiger charge is -2.09. The molecule has 0 spiro atoms. The Hall–Kier alpha value is -1.26. The maximum absolute atomic E-state index is 5.70. The van der Waals surface area contributed by atoms with Crippen molar-refractivity contribution in [2.24, 2.45) is 5.73 Å². The van der Waals surface area contributed by atoms with E-state index in [1.165, 1.54) is 0 Å². The van der Waals surface area contributed by atoms with Crippen molar-refractivity contribution in [1.82, 2.24) is 9.97 Å². The van der Waals surface area contributed by atoms with Crippen molar-refractivity contribution < 1.29 is 0 Å². The molecule has 0 aliphatic carbocycles. The molecule has 0 aliphatic rings. The third-order valence-corrected chi connectivity index (χ3v) is 3.26. The highest BCUT2D eigenvalue weighted by atomic mass is 79.9. The maximum Gasteiger partial charge on any atom is 0.159 e. The van der Waals surface area contributed by atoms with Gasteiger partial charge in [-0.25, -0.2) is 9.97 Å². The van der Waals surface area contributed by atoms with Crippen molar-refractivity contribution in [1.29, 1.82) is 0 Å². The standard InChI is InChI=1S/C13H14BrN3/c1-8-9(2)16-13(17-12(8)7-15)10-4-3-5-11(14)6-10/h3-6H,7,15H2,1-2H3.